The number of hydrogen-bond donors (Lipinski definition) is 1. The molecule has 0 aliphatic heterocycles. The third-order valence-electron chi connectivity index (χ3n) is 2.63. The summed E-state index contributed by atoms with van der Waals surface area (Å²) in [4.78, 5) is 15.2. The molecule has 1 heterocycles. The van der Waals surface area contributed by atoms with Crippen LogP contribution in [-0.2, 0) is 11.3 Å². The van der Waals surface area contributed by atoms with Gasteiger partial charge in [0.15, 0.2) is 5.43 Å². The van der Waals surface area contributed by atoms with Gasteiger partial charge in [-0.25, -0.2) is 0 Å². The third kappa shape index (κ3) is 1.86. The molecular weight excluding hydrogens is 202 g/mol. The van der Waals surface area contributed by atoms with Crippen molar-refractivity contribution in [2.45, 2.75) is 20.5 Å². The van der Waals surface area contributed by atoms with E-state index in [9.17, 15) is 4.79 Å². The lowest BCUT2D eigenvalue weighted by atomic mass is 10.1. The molecule has 1 aromatic heterocycles. The van der Waals surface area contributed by atoms with E-state index in [-0.39, 0.29) is 5.43 Å². The fourth-order valence-electron chi connectivity index (χ4n) is 2.07. The number of nitrogens with one attached hydrogen (secondary N) is 1. The maximum atomic E-state index is 11.9. The largest absolute Gasteiger partial charge is 0.378 e. The van der Waals surface area contributed by atoms with Gasteiger partial charge < -0.3 is 9.72 Å². The molecule has 0 spiro atoms. The number of fused-ring (bicyclic) bond motifs is 1. The van der Waals surface area contributed by atoms with Crippen LogP contribution in [0.5, 0.6) is 0 Å². The molecule has 0 bridgehead atoms. The Labute approximate surface area is 94.1 Å². The second-order valence-corrected chi connectivity index (χ2v) is 4.10. The molecule has 0 atom stereocenters. The first-order valence-corrected chi connectivity index (χ1v) is 5.24. The van der Waals surface area contributed by atoms with Gasteiger partial charge in [-0.1, -0.05) is 6.07 Å². The number of aromatic amines is 1. The Balaban J connectivity index is 2.77. The Hall–Kier alpha value is -1.61. The van der Waals surface area contributed by atoms with E-state index in [1.54, 1.807) is 13.2 Å². The summed E-state index contributed by atoms with van der Waals surface area (Å²) >= 11 is 0. The second-order valence-electron chi connectivity index (χ2n) is 4.10. The fourth-order valence-corrected chi connectivity index (χ4v) is 2.07. The van der Waals surface area contributed by atoms with Gasteiger partial charge in [0.1, 0.15) is 0 Å². The van der Waals surface area contributed by atoms with Gasteiger partial charge in [-0.3, -0.25) is 4.79 Å². The van der Waals surface area contributed by atoms with Crippen LogP contribution in [0.3, 0.4) is 0 Å². The number of pyridine rings is 1. The van der Waals surface area contributed by atoms with Crippen LogP contribution in [0.25, 0.3) is 10.9 Å². The Morgan fingerprint density at radius 2 is 2.00 bits per heavy atom. The summed E-state index contributed by atoms with van der Waals surface area (Å²) in [5, 5.41) is 0.769. The molecule has 2 aromatic rings. The van der Waals surface area contributed by atoms with Gasteiger partial charge in [-0.2, -0.15) is 0 Å². The van der Waals surface area contributed by atoms with Crippen molar-refractivity contribution in [3.8, 4) is 0 Å². The normalized spacial score (nSPS) is 10.9. The van der Waals surface area contributed by atoms with E-state index < -0.39 is 0 Å². The van der Waals surface area contributed by atoms with E-state index in [1.807, 2.05) is 26.0 Å². The van der Waals surface area contributed by atoms with E-state index in [2.05, 4.69) is 4.98 Å². The van der Waals surface area contributed by atoms with Crippen LogP contribution in [0.2, 0.25) is 0 Å². The molecule has 0 amide bonds. The predicted molar refractivity (Wildman–Crippen MR) is 64.8 cm³/mol. The van der Waals surface area contributed by atoms with E-state index in [4.69, 9.17) is 4.74 Å². The van der Waals surface area contributed by atoms with Crippen LogP contribution in [-0.4, -0.2) is 12.1 Å². The highest BCUT2D eigenvalue weighted by molar-refractivity contribution is 5.82. The zero-order chi connectivity index (χ0) is 11.7. The van der Waals surface area contributed by atoms with Crippen molar-refractivity contribution in [3.05, 3.63) is 45.2 Å². The highest BCUT2D eigenvalue weighted by atomic mass is 16.5. The van der Waals surface area contributed by atoms with Crippen LogP contribution in [0.4, 0.5) is 0 Å². The monoisotopic (exact) mass is 217 g/mol. The summed E-state index contributed by atoms with van der Waals surface area (Å²) in [6.07, 6.45) is 0. The molecule has 84 valence electrons. The van der Waals surface area contributed by atoms with Crippen LogP contribution in [0, 0.1) is 13.8 Å². The molecule has 3 heteroatoms. The molecular formula is C13H15NO2. The highest BCUT2D eigenvalue weighted by Gasteiger charge is 2.05. The van der Waals surface area contributed by atoms with Crippen molar-refractivity contribution in [3.63, 3.8) is 0 Å². The quantitative estimate of drug-likeness (QED) is 0.838. The molecule has 1 aromatic carbocycles. The lowest BCUT2D eigenvalue weighted by molar-refractivity contribution is 0.181. The van der Waals surface area contributed by atoms with Gasteiger partial charge in [-0.15, -0.1) is 0 Å². The van der Waals surface area contributed by atoms with Crippen molar-refractivity contribution >= 4 is 10.9 Å². The van der Waals surface area contributed by atoms with Gasteiger partial charge in [0.2, 0.25) is 0 Å². The smallest absolute Gasteiger partial charge is 0.190 e. The number of benzene rings is 1. The number of ether oxygens (including phenoxy) is 1. The minimum Gasteiger partial charge on any atom is -0.378 e. The number of aryl methyl sites for hydroxylation is 2. The zero-order valence-electron chi connectivity index (χ0n) is 9.76. The van der Waals surface area contributed by atoms with Gasteiger partial charge in [-0.05, 0) is 31.0 Å². The summed E-state index contributed by atoms with van der Waals surface area (Å²) in [5.41, 5.74) is 3.91. The molecule has 0 radical (unpaired) electrons. The first-order chi connectivity index (χ1) is 7.61. The first-order valence-electron chi connectivity index (χ1n) is 5.24. The highest BCUT2D eigenvalue weighted by Crippen LogP contribution is 2.15. The van der Waals surface area contributed by atoms with E-state index in [0.29, 0.717) is 6.61 Å². The predicted octanol–water partition coefficient (Wildman–Crippen LogP) is 2.29. The molecule has 0 aliphatic rings. The summed E-state index contributed by atoms with van der Waals surface area (Å²) in [5.74, 6) is 0. The lowest BCUT2D eigenvalue weighted by Gasteiger charge is -2.06. The summed E-state index contributed by atoms with van der Waals surface area (Å²) in [6, 6.07) is 5.62. The van der Waals surface area contributed by atoms with Crippen molar-refractivity contribution in [2.75, 3.05) is 7.11 Å². The molecule has 0 unspecified atom stereocenters. The maximum Gasteiger partial charge on any atom is 0.190 e. The standard InChI is InChI=1S/C13H15NO2/c1-8-4-9(2)13-11(5-8)14-10(7-16-3)6-12(13)15/h4-6H,7H2,1-3H3,(H,14,15). The van der Waals surface area contributed by atoms with E-state index in [1.165, 1.54) is 0 Å². The van der Waals surface area contributed by atoms with Crippen LogP contribution in [0.15, 0.2) is 23.0 Å². The molecule has 0 aliphatic carbocycles. The maximum absolute atomic E-state index is 11.9. The van der Waals surface area contributed by atoms with Crippen molar-refractivity contribution in [2.24, 2.45) is 0 Å². The van der Waals surface area contributed by atoms with Gasteiger partial charge in [0.05, 0.1) is 12.1 Å². The summed E-state index contributed by atoms with van der Waals surface area (Å²) < 4.78 is 5.02. The van der Waals surface area contributed by atoms with Gasteiger partial charge >= 0.3 is 0 Å². The van der Waals surface area contributed by atoms with Gasteiger partial charge in [0, 0.05) is 24.3 Å². The molecule has 0 saturated heterocycles. The fraction of sp³-hybridized carbons (Fsp3) is 0.308. The average molecular weight is 217 g/mol. The second kappa shape index (κ2) is 4.10. The lowest BCUT2D eigenvalue weighted by Crippen LogP contribution is -2.07. The SMILES string of the molecule is COCc1cc(=O)c2c(C)cc(C)cc2[nH]1. The van der Waals surface area contributed by atoms with Crippen molar-refractivity contribution < 1.29 is 4.74 Å². The topological polar surface area (TPSA) is 42.1 Å². The van der Waals surface area contributed by atoms with Crippen LogP contribution in [0.1, 0.15) is 16.8 Å². The van der Waals surface area contributed by atoms with Crippen molar-refractivity contribution in [1.29, 1.82) is 0 Å². The molecule has 2 rings (SSSR count). The van der Waals surface area contributed by atoms with Crippen molar-refractivity contribution in [1.82, 2.24) is 4.98 Å². The summed E-state index contributed by atoms with van der Waals surface area (Å²) in [7, 11) is 1.62. The van der Waals surface area contributed by atoms with Crippen LogP contribution < -0.4 is 5.43 Å². The Kier molecular flexibility index (Phi) is 2.79. The minimum atomic E-state index is 0.0540. The van der Waals surface area contributed by atoms with E-state index in [0.717, 1.165) is 27.7 Å². The Bertz CT molecular complexity index is 584. The molecule has 0 saturated carbocycles. The molecule has 3 nitrogen and oxygen atoms in total. The van der Waals surface area contributed by atoms with Crippen LogP contribution >= 0.6 is 0 Å². The number of methoxy groups -OCH3 is 1. The number of aromatic nitrogens is 1. The number of rotatable bonds is 2. The molecule has 16 heavy (non-hydrogen) atoms. The Morgan fingerprint density at radius 1 is 1.25 bits per heavy atom. The average Bonchev–Trinajstić information content (AvgIpc) is 2.15. The first kappa shape index (κ1) is 10.9. The molecule has 1 N–H and O–H groups in total. The summed E-state index contributed by atoms with van der Waals surface area (Å²) in [6.45, 7) is 4.41. The van der Waals surface area contributed by atoms with E-state index >= 15 is 0 Å². The Morgan fingerprint density at radius 3 is 2.69 bits per heavy atom. The third-order valence-corrected chi connectivity index (χ3v) is 2.63. The number of H-pyrrole nitrogens is 1. The minimum absolute atomic E-state index is 0.0540. The zero-order valence-corrected chi connectivity index (χ0v) is 9.76. The van der Waals surface area contributed by atoms with Gasteiger partial charge in [0.25, 0.3) is 0 Å². The molecule has 0 fully saturated rings. The number of hydrogen-bond acceptors (Lipinski definition) is 2.